The maximum atomic E-state index is 12.8. The Bertz CT molecular complexity index is 671. The number of hydrogen-bond acceptors (Lipinski definition) is 3. The molecule has 1 aromatic carbocycles. The van der Waals surface area contributed by atoms with Crippen LogP contribution >= 0.6 is 0 Å². The largest absolute Gasteiger partial charge is 0.320 e. The van der Waals surface area contributed by atoms with Crippen LogP contribution in [0.2, 0.25) is 0 Å². The molecule has 1 atom stereocenters. The second kappa shape index (κ2) is 6.61. The molecule has 0 aliphatic carbocycles. The van der Waals surface area contributed by atoms with Crippen molar-refractivity contribution in [3.63, 3.8) is 0 Å². The Morgan fingerprint density at radius 1 is 1.43 bits per heavy atom. The molecular formula is C16H22N2O2S. The number of nitrogens with two attached hydrogens (primary N) is 1. The molecule has 21 heavy (non-hydrogen) atoms. The first-order valence-electron chi connectivity index (χ1n) is 7.32. The molecule has 1 aromatic rings. The summed E-state index contributed by atoms with van der Waals surface area (Å²) in [5, 5.41) is 0. The first-order valence-corrected chi connectivity index (χ1v) is 8.76. The molecule has 0 amide bonds. The van der Waals surface area contributed by atoms with Crippen LogP contribution in [0.15, 0.2) is 23.1 Å². The van der Waals surface area contributed by atoms with Gasteiger partial charge in [0.05, 0.1) is 11.4 Å². The Kier molecular flexibility index (Phi) is 5.04. The summed E-state index contributed by atoms with van der Waals surface area (Å²) in [6.07, 6.45) is 2.75. The third-order valence-electron chi connectivity index (χ3n) is 3.92. The van der Waals surface area contributed by atoms with Gasteiger partial charge in [0.25, 0.3) is 0 Å². The van der Waals surface area contributed by atoms with Gasteiger partial charge in [0.1, 0.15) is 0 Å². The van der Waals surface area contributed by atoms with Crippen molar-refractivity contribution in [2.24, 2.45) is 5.73 Å². The fraction of sp³-hybridized carbons (Fsp3) is 0.500. The summed E-state index contributed by atoms with van der Waals surface area (Å²) in [7, 11) is -3.40. The van der Waals surface area contributed by atoms with Crippen molar-refractivity contribution in [1.82, 2.24) is 4.31 Å². The lowest BCUT2D eigenvalue weighted by molar-refractivity contribution is 0.379. The van der Waals surface area contributed by atoms with Crippen LogP contribution in [0.4, 0.5) is 0 Å². The summed E-state index contributed by atoms with van der Waals surface area (Å²) in [5.74, 6) is 5.75. The molecule has 0 radical (unpaired) electrons. The lowest BCUT2D eigenvalue weighted by Gasteiger charge is -2.23. The van der Waals surface area contributed by atoms with E-state index in [9.17, 15) is 8.42 Å². The molecule has 5 heteroatoms. The van der Waals surface area contributed by atoms with E-state index in [0.717, 1.165) is 30.4 Å². The smallest absolute Gasteiger partial charge is 0.243 e. The molecular weight excluding hydrogens is 284 g/mol. The van der Waals surface area contributed by atoms with E-state index in [1.807, 2.05) is 13.8 Å². The highest BCUT2D eigenvalue weighted by Crippen LogP contribution is 2.28. The van der Waals surface area contributed by atoms with Crippen LogP contribution in [0.5, 0.6) is 0 Å². The van der Waals surface area contributed by atoms with E-state index in [-0.39, 0.29) is 6.04 Å². The molecule has 1 unspecified atom stereocenters. The van der Waals surface area contributed by atoms with Crippen LogP contribution < -0.4 is 5.73 Å². The van der Waals surface area contributed by atoms with Crippen LogP contribution in [0.3, 0.4) is 0 Å². The van der Waals surface area contributed by atoms with Gasteiger partial charge in [-0.3, -0.25) is 0 Å². The minimum atomic E-state index is -3.40. The van der Waals surface area contributed by atoms with Gasteiger partial charge in [-0.25, -0.2) is 8.42 Å². The molecule has 114 valence electrons. The van der Waals surface area contributed by atoms with Gasteiger partial charge < -0.3 is 5.73 Å². The number of hydrogen-bond donors (Lipinski definition) is 1. The summed E-state index contributed by atoms with van der Waals surface area (Å²) in [6.45, 7) is 4.83. The summed E-state index contributed by atoms with van der Waals surface area (Å²) in [5.41, 5.74) is 7.05. The highest BCUT2D eigenvalue weighted by Gasteiger charge is 2.34. The molecule has 4 nitrogen and oxygen atoms in total. The highest BCUT2D eigenvalue weighted by atomic mass is 32.2. The van der Waals surface area contributed by atoms with Crippen molar-refractivity contribution in [2.45, 2.75) is 44.0 Å². The Morgan fingerprint density at radius 2 is 2.19 bits per heavy atom. The fourth-order valence-electron chi connectivity index (χ4n) is 2.75. The topological polar surface area (TPSA) is 63.4 Å². The molecule has 1 saturated heterocycles. The van der Waals surface area contributed by atoms with E-state index in [1.165, 1.54) is 0 Å². The number of nitrogens with zero attached hydrogens (tertiary/aromatic N) is 1. The maximum Gasteiger partial charge on any atom is 0.243 e. The van der Waals surface area contributed by atoms with Gasteiger partial charge in [-0.2, -0.15) is 4.31 Å². The van der Waals surface area contributed by atoms with Gasteiger partial charge in [0.15, 0.2) is 0 Å². The van der Waals surface area contributed by atoms with E-state index in [2.05, 4.69) is 11.8 Å². The van der Waals surface area contributed by atoms with E-state index in [1.54, 1.807) is 22.5 Å². The van der Waals surface area contributed by atoms with Crippen molar-refractivity contribution in [3.05, 3.63) is 29.3 Å². The van der Waals surface area contributed by atoms with E-state index < -0.39 is 10.0 Å². The minimum Gasteiger partial charge on any atom is -0.320 e. The molecule has 1 aliphatic heterocycles. The number of aryl methyl sites for hydroxylation is 1. The van der Waals surface area contributed by atoms with Crippen LogP contribution in [0, 0.1) is 18.8 Å². The third-order valence-corrected chi connectivity index (χ3v) is 5.87. The molecule has 0 aromatic heterocycles. The molecule has 0 bridgehead atoms. The predicted octanol–water partition coefficient (Wildman–Crippen LogP) is 1.87. The summed E-state index contributed by atoms with van der Waals surface area (Å²) in [4.78, 5) is 0.360. The predicted molar refractivity (Wildman–Crippen MR) is 84.3 cm³/mol. The minimum absolute atomic E-state index is 0.131. The number of benzene rings is 1. The van der Waals surface area contributed by atoms with Crippen LogP contribution in [0.1, 0.15) is 37.3 Å². The van der Waals surface area contributed by atoms with Gasteiger partial charge in [-0.1, -0.05) is 18.8 Å². The van der Waals surface area contributed by atoms with Gasteiger partial charge >= 0.3 is 0 Å². The van der Waals surface area contributed by atoms with Crippen molar-refractivity contribution in [1.29, 1.82) is 0 Å². The molecule has 2 rings (SSSR count). The van der Waals surface area contributed by atoms with Gasteiger partial charge in [-0.15, -0.1) is 0 Å². The maximum absolute atomic E-state index is 12.8. The van der Waals surface area contributed by atoms with Crippen molar-refractivity contribution in [3.8, 4) is 11.8 Å². The monoisotopic (exact) mass is 306 g/mol. The molecule has 0 spiro atoms. The molecule has 1 heterocycles. The normalized spacial score (nSPS) is 19.3. The van der Waals surface area contributed by atoms with Gasteiger partial charge in [0, 0.05) is 18.2 Å². The van der Waals surface area contributed by atoms with Gasteiger partial charge in [0.2, 0.25) is 10.0 Å². The lowest BCUT2D eigenvalue weighted by atomic mass is 10.1. The Labute approximate surface area is 127 Å². The zero-order chi connectivity index (χ0) is 15.5. The van der Waals surface area contributed by atoms with Crippen molar-refractivity contribution < 1.29 is 8.42 Å². The zero-order valence-corrected chi connectivity index (χ0v) is 13.4. The molecule has 2 N–H and O–H groups in total. The summed E-state index contributed by atoms with van der Waals surface area (Å²) < 4.78 is 27.1. The standard InChI is InChI=1S/C16H22N2O2S/c1-3-15-7-5-11-18(15)21(19,20)16-9-8-14(6-4-10-17)13(2)12-16/h8-9,12,15H,3,5,7,10-11,17H2,1-2H3. The number of rotatable bonds is 3. The summed E-state index contributed by atoms with van der Waals surface area (Å²) in [6, 6.07) is 5.25. The van der Waals surface area contributed by atoms with Crippen molar-refractivity contribution in [2.75, 3.05) is 13.1 Å². The zero-order valence-electron chi connectivity index (χ0n) is 12.6. The second-order valence-electron chi connectivity index (χ2n) is 5.30. The van der Waals surface area contributed by atoms with Crippen LogP contribution in [0.25, 0.3) is 0 Å². The first-order chi connectivity index (χ1) is 10.0. The van der Waals surface area contributed by atoms with E-state index >= 15 is 0 Å². The fourth-order valence-corrected chi connectivity index (χ4v) is 4.60. The Hall–Kier alpha value is -1.35. The molecule has 0 saturated carbocycles. The van der Waals surface area contributed by atoms with Crippen LogP contribution in [-0.4, -0.2) is 31.9 Å². The third kappa shape index (κ3) is 3.29. The molecule has 1 fully saturated rings. The van der Waals surface area contributed by atoms with Crippen LogP contribution in [-0.2, 0) is 10.0 Å². The van der Waals surface area contributed by atoms with Crippen molar-refractivity contribution >= 4 is 10.0 Å². The Morgan fingerprint density at radius 3 is 2.81 bits per heavy atom. The quantitative estimate of drug-likeness (QED) is 0.867. The molecule has 1 aliphatic rings. The SMILES string of the molecule is CCC1CCCN1S(=O)(=O)c1ccc(C#CCN)c(C)c1. The van der Waals surface area contributed by atoms with E-state index in [4.69, 9.17) is 5.73 Å². The van der Waals surface area contributed by atoms with Gasteiger partial charge in [-0.05, 0) is 49.9 Å². The highest BCUT2D eigenvalue weighted by molar-refractivity contribution is 7.89. The number of sulfonamides is 1. The average molecular weight is 306 g/mol. The Balaban J connectivity index is 2.35. The first kappa shape index (κ1) is 16.0. The lowest BCUT2D eigenvalue weighted by Crippen LogP contribution is -2.35. The van der Waals surface area contributed by atoms with E-state index in [0.29, 0.717) is 18.0 Å². The second-order valence-corrected chi connectivity index (χ2v) is 7.19. The average Bonchev–Trinajstić information content (AvgIpc) is 2.95. The summed E-state index contributed by atoms with van der Waals surface area (Å²) >= 11 is 0.